The Kier molecular flexibility index (Phi) is 3.61. The summed E-state index contributed by atoms with van der Waals surface area (Å²) < 4.78 is 41.4. The van der Waals surface area contributed by atoms with E-state index in [0.717, 1.165) is 11.0 Å². The Balaban J connectivity index is 1.92. The number of hydrogen-bond donors (Lipinski definition) is 1. The van der Waals surface area contributed by atoms with Crippen LogP contribution in [0.1, 0.15) is 28.8 Å². The van der Waals surface area contributed by atoms with E-state index in [-0.39, 0.29) is 18.5 Å². The van der Waals surface area contributed by atoms with Crippen molar-refractivity contribution in [1.29, 1.82) is 0 Å². The zero-order chi connectivity index (χ0) is 16.8. The highest BCUT2D eigenvalue weighted by atomic mass is 19.3. The summed E-state index contributed by atoms with van der Waals surface area (Å²) in [4.78, 5) is 25.7. The van der Waals surface area contributed by atoms with E-state index in [1.807, 2.05) is 0 Å². The molecule has 7 heteroatoms. The third-order valence-corrected chi connectivity index (χ3v) is 4.59. The highest BCUT2D eigenvalue weighted by molar-refractivity contribution is 5.96. The average Bonchev–Trinajstić information content (AvgIpc) is 2.76. The predicted molar refractivity (Wildman–Crippen MR) is 76.7 cm³/mol. The first-order valence-electron chi connectivity index (χ1n) is 7.44. The number of likely N-dealkylation sites (tertiary alicyclic amines) is 1. The van der Waals surface area contributed by atoms with Crippen LogP contribution >= 0.6 is 0 Å². The number of carbonyl (C=O) groups is 2. The number of piperidine rings is 1. The first kappa shape index (κ1) is 15.8. The van der Waals surface area contributed by atoms with E-state index in [1.165, 1.54) is 12.1 Å². The fourth-order valence-electron chi connectivity index (χ4n) is 3.52. The Morgan fingerprint density at radius 2 is 2.04 bits per heavy atom. The molecule has 1 atom stereocenters. The summed E-state index contributed by atoms with van der Waals surface area (Å²) in [5.74, 6) is -4.63. The smallest absolute Gasteiger partial charge is 0.266 e. The molecule has 1 aromatic rings. The molecule has 0 aliphatic carbocycles. The second kappa shape index (κ2) is 5.25. The van der Waals surface area contributed by atoms with E-state index in [1.54, 1.807) is 6.92 Å². The van der Waals surface area contributed by atoms with Gasteiger partial charge in [0.05, 0.1) is 12.0 Å². The first-order chi connectivity index (χ1) is 10.7. The quantitative estimate of drug-likeness (QED) is 0.859. The summed E-state index contributed by atoms with van der Waals surface area (Å²) in [6.45, 7) is 1.13. The third kappa shape index (κ3) is 2.80. The van der Waals surface area contributed by atoms with Gasteiger partial charge in [-0.05, 0) is 37.1 Å². The molecule has 0 saturated carbocycles. The lowest BCUT2D eigenvalue weighted by molar-refractivity contribution is -0.144. The van der Waals surface area contributed by atoms with E-state index in [9.17, 15) is 22.8 Å². The number of amides is 2. The van der Waals surface area contributed by atoms with Crippen LogP contribution in [0, 0.1) is 18.2 Å². The molecule has 2 saturated heterocycles. The molecule has 3 rings (SSSR count). The molecular weight excluding hydrogens is 309 g/mol. The van der Waals surface area contributed by atoms with Crippen LogP contribution in [0.25, 0.3) is 0 Å². The lowest BCUT2D eigenvalue weighted by Crippen LogP contribution is -2.57. The normalized spacial score (nSPS) is 26.4. The van der Waals surface area contributed by atoms with E-state index in [2.05, 4.69) is 5.32 Å². The molecule has 2 amide bonds. The first-order valence-corrected chi connectivity index (χ1v) is 7.44. The van der Waals surface area contributed by atoms with Gasteiger partial charge in [0.15, 0.2) is 0 Å². The predicted octanol–water partition coefficient (Wildman–Crippen LogP) is 2.12. The van der Waals surface area contributed by atoms with Gasteiger partial charge in [-0.2, -0.15) is 0 Å². The maximum absolute atomic E-state index is 14.1. The fraction of sp³-hybridized carbons (Fsp3) is 0.500. The fourth-order valence-corrected chi connectivity index (χ4v) is 3.52. The monoisotopic (exact) mass is 326 g/mol. The second-order valence-corrected chi connectivity index (χ2v) is 6.44. The Bertz CT molecular complexity index is 677. The summed E-state index contributed by atoms with van der Waals surface area (Å²) in [6.07, 6.45) is -0.258. The molecule has 2 heterocycles. The molecule has 0 radical (unpaired) electrons. The number of aryl methyl sites for hydroxylation is 1. The van der Waals surface area contributed by atoms with Gasteiger partial charge in [-0.3, -0.25) is 9.59 Å². The van der Waals surface area contributed by atoms with Crippen molar-refractivity contribution in [3.63, 3.8) is 0 Å². The molecule has 124 valence electrons. The van der Waals surface area contributed by atoms with Gasteiger partial charge >= 0.3 is 0 Å². The number of alkyl halides is 2. The largest absolute Gasteiger partial charge is 0.356 e. The van der Waals surface area contributed by atoms with E-state index < -0.39 is 41.9 Å². The maximum Gasteiger partial charge on any atom is 0.266 e. The van der Waals surface area contributed by atoms with Gasteiger partial charge in [-0.15, -0.1) is 0 Å². The highest BCUT2D eigenvalue weighted by Gasteiger charge is 2.55. The number of nitrogens with zero attached hydrogens (tertiary/aromatic N) is 1. The molecule has 1 aromatic carbocycles. The maximum atomic E-state index is 14.1. The number of halogens is 3. The van der Waals surface area contributed by atoms with Crippen LogP contribution in [-0.2, 0) is 4.79 Å². The third-order valence-electron chi connectivity index (χ3n) is 4.59. The van der Waals surface area contributed by atoms with Crippen molar-refractivity contribution in [3.8, 4) is 0 Å². The Hall–Kier alpha value is -2.05. The van der Waals surface area contributed by atoms with Crippen LogP contribution in [0.5, 0.6) is 0 Å². The van der Waals surface area contributed by atoms with Gasteiger partial charge in [-0.25, -0.2) is 13.2 Å². The summed E-state index contributed by atoms with van der Waals surface area (Å²) in [5, 5.41) is 2.58. The average molecular weight is 326 g/mol. The molecule has 2 fully saturated rings. The zero-order valence-electron chi connectivity index (χ0n) is 12.7. The van der Waals surface area contributed by atoms with Crippen molar-refractivity contribution in [2.24, 2.45) is 5.41 Å². The SMILES string of the molecule is Cc1cc(F)ccc1C(=O)N1CC(F)(F)CC2(CCNC2=O)C1. The minimum absolute atomic E-state index is 0.0376. The van der Waals surface area contributed by atoms with E-state index in [4.69, 9.17) is 0 Å². The Morgan fingerprint density at radius 3 is 2.65 bits per heavy atom. The van der Waals surface area contributed by atoms with Crippen LogP contribution < -0.4 is 5.32 Å². The van der Waals surface area contributed by atoms with E-state index >= 15 is 0 Å². The van der Waals surface area contributed by atoms with Crippen molar-refractivity contribution in [2.75, 3.05) is 19.6 Å². The molecule has 2 aliphatic heterocycles. The van der Waals surface area contributed by atoms with Crippen LogP contribution in [0.2, 0.25) is 0 Å². The summed E-state index contributed by atoms with van der Waals surface area (Å²) >= 11 is 0. The lowest BCUT2D eigenvalue weighted by Gasteiger charge is -2.42. The van der Waals surface area contributed by atoms with Gasteiger partial charge in [0.2, 0.25) is 5.91 Å². The van der Waals surface area contributed by atoms with Crippen molar-refractivity contribution in [2.45, 2.75) is 25.7 Å². The zero-order valence-corrected chi connectivity index (χ0v) is 12.7. The Labute approximate surface area is 131 Å². The van der Waals surface area contributed by atoms with E-state index in [0.29, 0.717) is 12.1 Å². The number of rotatable bonds is 1. The second-order valence-electron chi connectivity index (χ2n) is 6.44. The number of benzene rings is 1. The van der Waals surface area contributed by atoms with Gasteiger partial charge in [0.1, 0.15) is 5.82 Å². The highest BCUT2D eigenvalue weighted by Crippen LogP contribution is 2.43. The molecule has 0 bridgehead atoms. The molecule has 1 spiro atoms. The minimum Gasteiger partial charge on any atom is -0.356 e. The van der Waals surface area contributed by atoms with Gasteiger partial charge < -0.3 is 10.2 Å². The topological polar surface area (TPSA) is 49.4 Å². The number of nitrogens with one attached hydrogen (secondary N) is 1. The molecule has 1 N–H and O–H groups in total. The lowest BCUT2D eigenvalue weighted by atomic mass is 9.77. The van der Waals surface area contributed by atoms with Crippen LogP contribution in [0.4, 0.5) is 13.2 Å². The van der Waals surface area contributed by atoms with Crippen molar-refractivity contribution >= 4 is 11.8 Å². The van der Waals surface area contributed by atoms with Gasteiger partial charge in [0, 0.05) is 25.1 Å². The van der Waals surface area contributed by atoms with Crippen molar-refractivity contribution in [3.05, 3.63) is 35.1 Å². The van der Waals surface area contributed by atoms with Crippen LogP contribution in [0.3, 0.4) is 0 Å². The summed E-state index contributed by atoms with van der Waals surface area (Å²) in [5.41, 5.74) is -0.669. The molecule has 1 unspecified atom stereocenters. The van der Waals surface area contributed by atoms with Gasteiger partial charge in [0.25, 0.3) is 11.8 Å². The van der Waals surface area contributed by atoms with Crippen LogP contribution in [-0.4, -0.2) is 42.3 Å². The summed E-state index contributed by atoms with van der Waals surface area (Å²) in [6, 6.07) is 3.61. The number of hydrogen-bond acceptors (Lipinski definition) is 2. The summed E-state index contributed by atoms with van der Waals surface area (Å²) in [7, 11) is 0. The van der Waals surface area contributed by atoms with Gasteiger partial charge in [-0.1, -0.05) is 0 Å². The molecular formula is C16H17F3N2O2. The molecule has 0 aromatic heterocycles. The number of carbonyl (C=O) groups excluding carboxylic acids is 2. The van der Waals surface area contributed by atoms with Crippen LogP contribution in [0.15, 0.2) is 18.2 Å². The minimum atomic E-state index is -3.12. The van der Waals surface area contributed by atoms with Crippen molar-refractivity contribution < 1.29 is 22.8 Å². The molecule has 2 aliphatic rings. The molecule has 23 heavy (non-hydrogen) atoms. The standard InChI is InChI=1S/C16H17F3N2O2/c1-10-6-11(17)2-3-12(10)13(22)21-8-15(4-5-20-14(15)23)7-16(18,19)9-21/h2-3,6H,4-5,7-9H2,1H3,(H,20,23). The Morgan fingerprint density at radius 1 is 1.30 bits per heavy atom. The van der Waals surface area contributed by atoms with Crippen molar-refractivity contribution in [1.82, 2.24) is 10.2 Å². The molecule has 4 nitrogen and oxygen atoms in total.